The SMILES string of the molecule is C=C/C=C\C=C/CCC.CCCC(C)CCC.CCCCCC. The van der Waals surface area contributed by atoms with E-state index >= 15 is 0 Å². The van der Waals surface area contributed by atoms with Crippen molar-refractivity contribution in [2.45, 2.75) is 106 Å². The molecule has 0 heterocycles. The molecule has 0 spiro atoms. The maximum Gasteiger partial charge on any atom is -0.0350 e. The first kappa shape index (κ1) is 27.1. The van der Waals surface area contributed by atoms with E-state index < -0.39 is 0 Å². The average molecular weight is 323 g/mol. The van der Waals surface area contributed by atoms with Crippen LogP contribution in [0.25, 0.3) is 0 Å². The normalized spacial score (nSPS) is 10.4. The molecule has 0 aromatic heterocycles. The van der Waals surface area contributed by atoms with Crippen LogP contribution in [-0.4, -0.2) is 0 Å². The second kappa shape index (κ2) is 29.3. The Morgan fingerprint density at radius 3 is 1.57 bits per heavy atom. The molecule has 0 aromatic carbocycles. The summed E-state index contributed by atoms with van der Waals surface area (Å²) in [6.45, 7) is 17.0. The number of unbranched alkanes of at least 4 members (excludes halogenated alkanes) is 4. The molecule has 0 aliphatic carbocycles. The number of hydrogen-bond donors (Lipinski definition) is 0. The van der Waals surface area contributed by atoms with Crippen molar-refractivity contribution in [3.63, 3.8) is 0 Å². The van der Waals surface area contributed by atoms with Crippen LogP contribution in [0.15, 0.2) is 37.0 Å². The molecule has 0 amide bonds. The maximum absolute atomic E-state index is 3.56. The average Bonchev–Trinajstić information content (AvgIpc) is 2.54. The van der Waals surface area contributed by atoms with Gasteiger partial charge >= 0.3 is 0 Å². The summed E-state index contributed by atoms with van der Waals surface area (Å²) in [4.78, 5) is 0. The van der Waals surface area contributed by atoms with Gasteiger partial charge in [0, 0.05) is 0 Å². The van der Waals surface area contributed by atoms with E-state index in [4.69, 9.17) is 0 Å². The Bertz CT molecular complexity index is 224. The second-order valence-electron chi connectivity index (χ2n) is 6.23. The van der Waals surface area contributed by atoms with Crippen molar-refractivity contribution in [3.8, 4) is 0 Å². The Morgan fingerprint density at radius 1 is 0.696 bits per heavy atom. The third kappa shape index (κ3) is 38.8. The van der Waals surface area contributed by atoms with Crippen LogP contribution in [0.1, 0.15) is 106 Å². The van der Waals surface area contributed by atoms with Crippen LogP contribution < -0.4 is 0 Å². The largest absolute Gasteiger partial charge is 0.0991 e. The summed E-state index contributed by atoms with van der Waals surface area (Å²) in [6, 6.07) is 0. The van der Waals surface area contributed by atoms with Gasteiger partial charge in [-0.2, -0.15) is 0 Å². The van der Waals surface area contributed by atoms with E-state index in [0.29, 0.717) is 0 Å². The molecular formula is C23H46. The van der Waals surface area contributed by atoms with Crippen molar-refractivity contribution >= 4 is 0 Å². The van der Waals surface area contributed by atoms with Crippen molar-refractivity contribution in [2.75, 3.05) is 0 Å². The fourth-order valence-corrected chi connectivity index (χ4v) is 2.11. The smallest absolute Gasteiger partial charge is 0.0350 e. The van der Waals surface area contributed by atoms with Crippen molar-refractivity contribution in [1.29, 1.82) is 0 Å². The number of allylic oxidation sites excluding steroid dienone is 5. The van der Waals surface area contributed by atoms with Gasteiger partial charge in [0.05, 0.1) is 0 Å². The minimum Gasteiger partial charge on any atom is -0.0991 e. The quantitative estimate of drug-likeness (QED) is 0.263. The summed E-state index contributed by atoms with van der Waals surface area (Å²) in [6.07, 6.45) is 23.3. The Balaban J connectivity index is -0.000000266. The van der Waals surface area contributed by atoms with Gasteiger partial charge in [-0.05, 0) is 12.3 Å². The molecule has 0 radical (unpaired) electrons. The molecule has 0 unspecified atom stereocenters. The zero-order valence-electron chi connectivity index (χ0n) is 17.2. The lowest BCUT2D eigenvalue weighted by atomic mass is 10.0. The first-order valence-electron chi connectivity index (χ1n) is 10.1. The Hall–Kier alpha value is -0.780. The molecule has 0 heteroatoms. The molecule has 0 aliphatic rings. The van der Waals surface area contributed by atoms with E-state index in [9.17, 15) is 0 Å². The molecule has 0 saturated heterocycles. The lowest BCUT2D eigenvalue weighted by Crippen LogP contribution is -1.91. The third-order valence-corrected chi connectivity index (χ3v) is 3.47. The van der Waals surface area contributed by atoms with Gasteiger partial charge in [-0.1, -0.05) is 136 Å². The zero-order valence-corrected chi connectivity index (χ0v) is 17.2. The van der Waals surface area contributed by atoms with Crippen LogP contribution in [0.3, 0.4) is 0 Å². The van der Waals surface area contributed by atoms with Gasteiger partial charge in [-0.25, -0.2) is 0 Å². The Morgan fingerprint density at radius 2 is 1.22 bits per heavy atom. The molecule has 0 rings (SSSR count). The van der Waals surface area contributed by atoms with E-state index in [2.05, 4.69) is 54.2 Å². The second-order valence-corrected chi connectivity index (χ2v) is 6.23. The van der Waals surface area contributed by atoms with Gasteiger partial charge in [-0.3, -0.25) is 0 Å². The molecule has 0 bridgehead atoms. The fraction of sp³-hybridized carbons (Fsp3) is 0.739. The van der Waals surface area contributed by atoms with Crippen LogP contribution in [0.4, 0.5) is 0 Å². The summed E-state index contributed by atoms with van der Waals surface area (Å²) in [5.41, 5.74) is 0. The van der Waals surface area contributed by atoms with Gasteiger partial charge in [0.1, 0.15) is 0 Å². The monoisotopic (exact) mass is 322 g/mol. The van der Waals surface area contributed by atoms with E-state index in [1.165, 1.54) is 64.2 Å². The van der Waals surface area contributed by atoms with Gasteiger partial charge < -0.3 is 0 Å². The van der Waals surface area contributed by atoms with Crippen LogP contribution in [0, 0.1) is 5.92 Å². The molecule has 0 fully saturated rings. The molecule has 0 aromatic rings. The number of rotatable bonds is 11. The van der Waals surface area contributed by atoms with Gasteiger partial charge in [0.25, 0.3) is 0 Å². The van der Waals surface area contributed by atoms with Crippen LogP contribution in [-0.2, 0) is 0 Å². The van der Waals surface area contributed by atoms with E-state index in [-0.39, 0.29) is 0 Å². The highest BCUT2D eigenvalue weighted by Crippen LogP contribution is 2.10. The van der Waals surface area contributed by atoms with Crippen LogP contribution >= 0.6 is 0 Å². The molecule has 0 saturated carbocycles. The molecule has 23 heavy (non-hydrogen) atoms. The van der Waals surface area contributed by atoms with Crippen molar-refractivity contribution in [3.05, 3.63) is 37.0 Å². The first-order chi connectivity index (χ1) is 11.1. The van der Waals surface area contributed by atoms with E-state index in [0.717, 1.165) is 5.92 Å². The predicted octanol–water partition coefficient (Wildman–Crippen LogP) is 8.89. The minimum atomic E-state index is 0.963. The van der Waals surface area contributed by atoms with E-state index in [1.807, 2.05) is 18.2 Å². The Labute approximate surface area is 149 Å². The molecule has 0 atom stereocenters. The summed E-state index contributed by atoms with van der Waals surface area (Å²) in [7, 11) is 0. The van der Waals surface area contributed by atoms with Crippen molar-refractivity contribution in [1.82, 2.24) is 0 Å². The number of hydrogen-bond acceptors (Lipinski definition) is 0. The molecule has 0 aliphatic heterocycles. The maximum atomic E-state index is 3.56. The lowest BCUT2D eigenvalue weighted by Gasteiger charge is -2.05. The van der Waals surface area contributed by atoms with Gasteiger partial charge in [-0.15, -0.1) is 0 Å². The molecule has 0 N–H and O–H groups in total. The highest BCUT2D eigenvalue weighted by Gasteiger charge is 1.95. The zero-order chi connectivity index (χ0) is 18.2. The van der Waals surface area contributed by atoms with Crippen molar-refractivity contribution < 1.29 is 0 Å². The minimum absolute atomic E-state index is 0.963. The van der Waals surface area contributed by atoms with Gasteiger partial charge in [0.2, 0.25) is 0 Å². The molecule has 138 valence electrons. The fourth-order valence-electron chi connectivity index (χ4n) is 2.11. The summed E-state index contributed by atoms with van der Waals surface area (Å²) in [5.74, 6) is 0.963. The third-order valence-electron chi connectivity index (χ3n) is 3.47. The van der Waals surface area contributed by atoms with Crippen LogP contribution in [0.2, 0.25) is 0 Å². The summed E-state index contributed by atoms with van der Waals surface area (Å²) >= 11 is 0. The molecular weight excluding hydrogens is 276 g/mol. The topological polar surface area (TPSA) is 0 Å². The highest BCUT2D eigenvalue weighted by molar-refractivity contribution is 5.08. The predicted molar refractivity (Wildman–Crippen MR) is 112 cm³/mol. The summed E-state index contributed by atoms with van der Waals surface area (Å²) in [5, 5.41) is 0. The molecule has 0 nitrogen and oxygen atoms in total. The lowest BCUT2D eigenvalue weighted by molar-refractivity contribution is 0.480. The first-order valence-corrected chi connectivity index (χ1v) is 10.1. The highest BCUT2D eigenvalue weighted by atomic mass is 14.0. The van der Waals surface area contributed by atoms with E-state index in [1.54, 1.807) is 6.08 Å². The standard InChI is InChI=1S/C9H14.C8H18.C6H14/c1-3-5-7-9-8-6-4-2;1-4-6-8(3)7-5-2;1-3-5-6-4-2/h3,5,7-9H,1,4,6H2,2H3;8H,4-7H2,1-3H3;3-6H2,1-2H3/b7-5-,9-8-;;. The van der Waals surface area contributed by atoms with Crippen molar-refractivity contribution in [2.24, 2.45) is 5.92 Å². The van der Waals surface area contributed by atoms with Crippen LogP contribution in [0.5, 0.6) is 0 Å². The summed E-state index contributed by atoms with van der Waals surface area (Å²) < 4.78 is 0. The van der Waals surface area contributed by atoms with Gasteiger partial charge in [0.15, 0.2) is 0 Å². The Kier molecular flexibility index (Phi) is 34.5.